The van der Waals surface area contributed by atoms with E-state index in [1.807, 2.05) is 6.92 Å². The number of hydrogen-bond donors (Lipinski definition) is 1. The largest absolute Gasteiger partial charge is 0.416 e. The minimum absolute atomic E-state index is 0.0179. The molecular formula is C25H24ClF4N3O3. The molecule has 2 aliphatic heterocycles. The normalized spacial score (nSPS) is 22.0. The maximum absolute atomic E-state index is 14.7. The monoisotopic (exact) mass is 525 g/mol. The molecule has 1 saturated heterocycles. The van der Waals surface area contributed by atoms with Crippen molar-refractivity contribution in [3.05, 3.63) is 69.0 Å². The minimum Gasteiger partial charge on any atom is -0.384 e. The van der Waals surface area contributed by atoms with Crippen LogP contribution in [0.2, 0.25) is 5.02 Å². The summed E-state index contributed by atoms with van der Waals surface area (Å²) in [7, 11) is 0. The third kappa shape index (κ3) is 4.78. The molecule has 1 fully saturated rings. The maximum Gasteiger partial charge on any atom is 0.416 e. The molecule has 6 nitrogen and oxygen atoms in total. The fourth-order valence-corrected chi connectivity index (χ4v) is 4.72. The van der Waals surface area contributed by atoms with Gasteiger partial charge in [-0.25, -0.2) is 4.39 Å². The number of hydrogen-bond acceptors (Lipinski definition) is 4. The van der Waals surface area contributed by atoms with Gasteiger partial charge in [-0.2, -0.15) is 13.2 Å². The number of likely N-dealkylation sites (tertiary alicyclic amines) is 1. The van der Waals surface area contributed by atoms with E-state index in [1.54, 1.807) is 30.0 Å². The highest BCUT2D eigenvalue weighted by molar-refractivity contribution is 6.30. The van der Waals surface area contributed by atoms with Crippen LogP contribution < -0.4 is 5.32 Å². The van der Waals surface area contributed by atoms with Crippen molar-refractivity contribution < 1.29 is 32.0 Å². The lowest BCUT2D eigenvalue weighted by atomic mass is 9.87. The van der Waals surface area contributed by atoms with Crippen molar-refractivity contribution in [2.45, 2.75) is 51.4 Å². The van der Waals surface area contributed by atoms with E-state index in [4.69, 9.17) is 16.4 Å². The Balaban J connectivity index is 1.53. The Labute approximate surface area is 210 Å². The van der Waals surface area contributed by atoms with Crippen LogP contribution >= 0.6 is 11.6 Å². The van der Waals surface area contributed by atoms with Gasteiger partial charge in [-0.15, -0.1) is 0 Å². The van der Waals surface area contributed by atoms with Crippen LogP contribution in [0.4, 0.5) is 17.6 Å². The summed E-state index contributed by atoms with van der Waals surface area (Å²) in [4.78, 5) is 32.2. The molecule has 1 N–H and O–H groups in total. The van der Waals surface area contributed by atoms with Gasteiger partial charge in [0.05, 0.1) is 16.3 Å². The zero-order chi connectivity index (χ0) is 26.4. The van der Waals surface area contributed by atoms with Gasteiger partial charge in [-0.05, 0) is 62.6 Å². The zero-order valence-corrected chi connectivity index (χ0v) is 20.6. The van der Waals surface area contributed by atoms with Gasteiger partial charge in [-0.3, -0.25) is 9.59 Å². The smallest absolute Gasteiger partial charge is 0.384 e. The van der Waals surface area contributed by atoms with Crippen LogP contribution in [0.15, 0.2) is 35.5 Å². The highest BCUT2D eigenvalue weighted by Gasteiger charge is 2.42. The molecule has 11 heteroatoms. The van der Waals surface area contributed by atoms with Gasteiger partial charge in [0.25, 0.3) is 5.91 Å². The Morgan fingerprint density at radius 3 is 2.64 bits per heavy atom. The molecule has 2 heterocycles. The molecule has 0 radical (unpaired) electrons. The predicted octanol–water partition coefficient (Wildman–Crippen LogP) is 5.20. The van der Waals surface area contributed by atoms with E-state index >= 15 is 0 Å². The quantitative estimate of drug-likeness (QED) is 0.546. The van der Waals surface area contributed by atoms with Gasteiger partial charge in [0, 0.05) is 30.6 Å². The SMILES string of the molecule is CCN1CCC(NC(=O)c2ccc(C3=NOC(C)(c4cc(C(F)(F)F)cc(Cl)c4F)C3)cc2C)C1=O. The summed E-state index contributed by atoms with van der Waals surface area (Å²) in [6.07, 6.45) is -4.19. The maximum atomic E-state index is 14.7. The van der Waals surface area contributed by atoms with E-state index in [-0.39, 0.29) is 23.8 Å². The molecule has 0 aliphatic carbocycles. The number of carbonyl (C=O) groups is 2. The highest BCUT2D eigenvalue weighted by atomic mass is 35.5. The summed E-state index contributed by atoms with van der Waals surface area (Å²) in [5.41, 5.74) is -1.02. The van der Waals surface area contributed by atoms with Crippen molar-refractivity contribution in [3.8, 4) is 0 Å². The topological polar surface area (TPSA) is 71.0 Å². The van der Waals surface area contributed by atoms with Crippen molar-refractivity contribution in [1.82, 2.24) is 10.2 Å². The van der Waals surface area contributed by atoms with Gasteiger partial charge in [-0.1, -0.05) is 22.8 Å². The first-order valence-corrected chi connectivity index (χ1v) is 11.7. The molecule has 0 saturated carbocycles. The van der Waals surface area contributed by atoms with Crippen LogP contribution in [0.3, 0.4) is 0 Å². The number of amides is 2. The summed E-state index contributed by atoms with van der Waals surface area (Å²) in [6, 6.07) is 5.54. The number of nitrogens with one attached hydrogen (secondary N) is 1. The Morgan fingerprint density at radius 1 is 1.31 bits per heavy atom. The number of alkyl halides is 3. The van der Waals surface area contributed by atoms with E-state index in [0.29, 0.717) is 54.0 Å². The standard InChI is InChI=1S/C25H24ClF4N3O3/c1-4-33-8-7-19(23(33)35)31-22(34)16-6-5-14(9-13(16)2)20-12-24(3,36-32-20)17-10-15(25(28,29)30)11-18(26)21(17)27/h5-6,9-11,19H,4,7-8,12H2,1-3H3,(H,31,34). The molecule has 192 valence electrons. The Kier molecular flexibility index (Phi) is 6.76. The summed E-state index contributed by atoms with van der Waals surface area (Å²) in [6.45, 7) is 6.20. The molecule has 0 aromatic heterocycles. The number of likely N-dealkylation sites (N-methyl/N-ethyl adjacent to an activating group) is 1. The second kappa shape index (κ2) is 9.38. The lowest BCUT2D eigenvalue weighted by Gasteiger charge is -2.24. The fourth-order valence-electron chi connectivity index (χ4n) is 4.50. The van der Waals surface area contributed by atoms with Gasteiger partial charge in [0.1, 0.15) is 11.9 Å². The number of nitrogens with zero attached hydrogens (tertiary/aromatic N) is 2. The first kappa shape index (κ1) is 25.9. The number of oxime groups is 1. The van der Waals surface area contributed by atoms with Crippen LogP contribution in [0.1, 0.15) is 59.3 Å². The molecule has 2 aliphatic rings. The summed E-state index contributed by atoms with van der Waals surface area (Å²) >= 11 is 5.74. The number of aryl methyl sites for hydroxylation is 1. The average Bonchev–Trinajstić information content (AvgIpc) is 3.37. The molecule has 2 aromatic carbocycles. The van der Waals surface area contributed by atoms with Crippen molar-refractivity contribution >= 4 is 29.1 Å². The number of carbonyl (C=O) groups excluding carboxylic acids is 2. The number of benzene rings is 2. The molecular weight excluding hydrogens is 502 g/mol. The summed E-state index contributed by atoms with van der Waals surface area (Å²) in [5, 5.41) is 6.11. The van der Waals surface area contributed by atoms with Crippen molar-refractivity contribution in [2.24, 2.45) is 5.16 Å². The van der Waals surface area contributed by atoms with E-state index in [0.717, 1.165) is 0 Å². The van der Waals surface area contributed by atoms with Crippen LogP contribution in [0.5, 0.6) is 0 Å². The van der Waals surface area contributed by atoms with Gasteiger partial charge in [0.15, 0.2) is 5.60 Å². The zero-order valence-electron chi connectivity index (χ0n) is 19.8. The third-order valence-electron chi connectivity index (χ3n) is 6.58. The number of halogens is 5. The molecule has 2 aromatic rings. The molecule has 2 unspecified atom stereocenters. The van der Waals surface area contributed by atoms with Crippen molar-refractivity contribution in [1.29, 1.82) is 0 Å². The van der Waals surface area contributed by atoms with Gasteiger partial charge >= 0.3 is 6.18 Å². The Morgan fingerprint density at radius 2 is 2.03 bits per heavy atom. The van der Waals surface area contributed by atoms with Gasteiger partial charge < -0.3 is 15.1 Å². The summed E-state index contributed by atoms with van der Waals surface area (Å²) in [5.74, 6) is -1.50. The van der Waals surface area contributed by atoms with Crippen molar-refractivity contribution in [2.75, 3.05) is 13.1 Å². The number of rotatable bonds is 5. The molecule has 4 rings (SSSR count). The first-order chi connectivity index (χ1) is 16.8. The van der Waals surface area contributed by atoms with Crippen LogP contribution in [-0.4, -0.2) is 41.6 Å². The molecule has 36 heavy (non-hydrogen) atoms. The van der Waals surface area contributed by atoms with Crippen LogP contribution in [-0.2, 0) is 21.4 Å². The molecule has 0 spiro atoms. The van der Waals surface area contributed by atoms with E-state index in [2.05, 4.69) is 10.5 Å². The van der Waals surface area contributed by atoms with Crippen LogP contribution in [0, 0.1) is 12.7 Å². The molecule has 2 amide bonds. The summed E-state index contributed by atoms with van der Waals surface area (Å²) < 4.78 is 54.5. The van der Waals surface area contributed by atoms with E-state index in [9.17, 15) is 27.2 Å². The van der Waals surface area contributed by atoms with E-state index < -0.39 is 34.2 Å². The average molecular weight is 526 g/mol. The lowest BCUT2D eigenvalue weighted by Crippen LogP contribution is -2.41. The van der Waals surface area contributed by atoms with Crippen molar-refractivity contribution in [3.63, 3.8) is 0 Å². The second-order valence-corrected chi connectivity index (χ2v) is 9.52. The third-order valence-corrected chi connectivity index (χ3v) is 6.85. The first-order valence-electron chi connectivity index (χ1n) is 11.4. The minimum atomic E-state index is -4.71. The lowest BCUT2D eigenvalue weighted by molar-refractivity contribution is -0.137. The molecule has 2 atom stereocenters. The van der Waals surface area contributed by atoms with Crippen LogP contribution in [0.25, 0.3) is 0 Å². The Hall–Kier alpha value is -3.14. The fraction of sp³-hybridized carbons (Fsp3) is 0.400. The molecule has 0 bridgehead atoms. The second-order valence-electron chi connectivity index (χ2n) is 9.12. The predicted molar refractivity (Wildman–Crippen MR) is 125 cm³/mol. The Bertz CT molecular complexity index is 1260. The van der Waals surface area contributed by atoms with E-state index in [1.165, 1.54) is 6.92 Å². The van der Waals surface area contributed by atoms with Gasteiger partial charge in [0.2, 0.25) is 5.91 Å². The highest BCUT2D eigenvalue weighted by Crippen LogP contribution is 2.42.